The first-order chi connectivity index (χ1) is 14.4. The first-order valence-electron chi connectivity index (χ1n) is 10.4. The van der Waals surface area contributed by atoms with Crippen molar-refractivity contribution in [2.45, 2.75) is 26.4 Å². The van der Waals surface area contributed by atoms with Gasteiger partial charge in [0.2, 0.25) is 0 Å². The van der Waals surface area contributed by atoms with E-state index in [-0.39, 0.29) is 5.75 Å². The average Bonchev–Trinajstić information content (AvgIpc) is 3.14. The van der Waals surface area contributed by atoms with Gasteiger partial charge in [0.25, 0.3) is 0 Å². The third-order valence-corrected chi connectivity index (χ3v) is 5.93. The van der Waals surface area contributed by atoms with E-state index in [2.05, 4.69) is 27.1 Å². The highest BCUT2D eigenvalue weighted by Crippen LogP contribution is 2.51. The van der Waals surface area contributed by atoms with Gasteiger partial charge in [-0.05, 0) is 66.6 Å². The van der Waals surface area contributed by atoms with E-state index in [4.69, 9.17) is 4.74 Å². The Morgan fingerprint density at radius 1 is 1.00 bits per heavy atom. The number of alkyl halides is 3. The third-order valence-electron chi connectivity index (χ3n) is 5.93. The molecule has 2 aromatic rings. The van der Waals surface area contributed by atoms with Gasteiger partial charge in [-0.25, -0.2) is 0 Å². The van der Waals surface area contributed by atoms with Crippen LogP contribution >= 0.6 is 0 Å². The first kappa shape index (κ1) is 21.0. The summed E-state index contributed by atoms with van der Waals surface area (Å²) in [5, 5.41) is 3.40. The molecule has 0 amide bonds. The van der Waals surface area contributed by atoms with Crippen molar-refractivity contribution in [3.8, 4) is 11.5 Å². The molecular formula is C23H27F3N2O2. The second kappa shape index (κ2) is 8.86. The molecule has 1 aliphatic heterocycles. The average molecular weight is 420 g/mol. The molecule has 2 unspecified atom stereocenters. The fourth-order valence-electron chi connectivity index (χ4n) is 4.52. The zero-order valence-electron chi connectivity index (χ0n) is 17.0. The summed E-state index contributed by atoms with van der Waals surface area (Å²) in [7, 11) is 0. The number of fused-ring (bicyclic) bond motifs is 1. The van der Waals surface area contributed by atoms with E-state index >= 15 is 0 Å². The van der Waals surface area contributed by atoms with Gasteiger partial charge in [-0.2, -0.15) is 0 Å². The van der Waals surface area contributed by atoms with Crippen molar-refractivity contribution in [2.75, 3.05) is 26.2 Å². The molecule has 2 aliphatic rings. The minimum absolute atomic E-state index is 0.171. The number of hydrogen-bond acceptors (Lipinski definition) is 4. The van der Waals surface area contributed by atoms with Crippen molar-refractivity contribution in [2.24, 2.45) is 17.8 Å². The van der Waals surface area contributed by atoms with Gasteiger partial charge >= 0.3 is 6.36 Å². The maximum absolute atomic E-state index is 12.3. The molecule has 1 saturated carbocycles. The molecule has 162 valence electrons. The van der Waals surface area contributed by atoms with E-state index < -0.39 is 6.36 Å². The number of piperidine rings is 1. The lowest BCUT2D eigenvalue weighted by atomic mass is 10.2. The summed E-state index contributed by atoms with van der Waals surface area (Å²) in [6.07, 6.45) is -4.66. The Morgan fingerprint density at radius 3 is 2.40 bits per heavy atom. The summed E-state index contributed by atoms with van der Waals surface area (Å²) in [6, 6.07) is 14.5. The number of ether oxygens (including phenoxy) is 2. The predicted molar refractivity (Wildman–Crippen MR) is 108 cm³/mol. The van der Waals surface area contributed by atoms with Gasteiger partial charge < -0.3 is 14.8 Å². The van der Waals surface area contributed by atoms with Gasteiger partial charge in [0.1, 0.15) is 11.5 Å². The number of benzene rings is 2. The first-order valence-corrected chi connectivity index (χ1v) is 10.4. The standard InChI is InChI=1S/C23H27F3N2O2/c1-2-29-18-8-6-16(7-9-18)13-28-14-21-20(22(21)15-28)12-27-11-17-4-3-5-19(10-17)30-23(24,25)26/h3-10,20-22,27H,2,11-15H2,1H3. The number of rotatable bonds is 9. The summed E-state index contributed by atoms with van der Waals surface area (Å²) >= 11 is 0. The van der Waals surface area contributed by atoms with Crippen LogP contribution in [0.25, 0.3) is 0 Å². The lowest BCUT2D eigenvalue weighted by Gasteiger charge is -2.20. The highest BCUT2D eigenvalue weighted by atomic mass is 19.4. The van der Waals surface area contributed by atoms with Gasteiger partial charge in [0.05, 0.1) is 6.61 Å². The number of likely N-dealkylation sites (tertiary alicyclic amines) is 1. The molecule has 1 N–H and O–H groups in total. The zero-order valence-corrected chi connectivity index (χ0v) is 17.0. The number of nitrogens with one attached hydrogen (secondary N) is 1. The van der Waals surface area contributed by atoms with Crippen molar-refractivity contribution >= 4 is 0 Å². The van der Waals surface area contributed by atoms with Gasteiger partial charge in [-0.15, -0.1) is 13.2 Å². The van der Waals surface area contributed by atoms with E-state index in [1.807, 2.05) is 25.1 Å². The second-order valence-corrected chi connectivity index (χ2v) is 8.09. The molecule has 4 nitrogen and oxygen atoms in total. The Labute approximate surface area is 175 Å². The lowest BCUT2D eigenvalue weighted by molar-refractivity contribution is -0.274. The number of halogens is 3. The maximum Gasteiger partial charge on any atom is 0.573 e. The number of nitrogens with zero attached hydrogens (tertiary/aromatic N) is 1. The maximum atomic E-state index is 12.3. The van der Waals surface area contributed by atoms with Crippen LogP contribution in [0.3, 0.4) is 0 Å². The molecule has 0 bridgehead atoms. The minimum Gasteiger partial charge on any atom is -0.494 e. The zero-order chi connectivity index (χ0) is 21.1. The van der Waals surface area contributed by atoms with Gasteiger partial charge in [0, 0.05) is 26.2 Å². The molecule has 30 heavy (non-hydrogen) atoms. The van der Waals surface area contributed by atoms with Crippen LogP contribution in [-0.4, -0.2) is 37.5 Å². The Hall–Kier alpha value is -2.25. The topological polar surface area (TPSA) is 33.7 Å². The molecule has 2 atom stereocenters. The highest BCUT2D eigenvalue weighted by Gasteiger charge is 2.54. The van der Waals surface area contributed by atoms with E-state index in [0.717, 1.165) is 49.3 Å². The monoisotopic (exact) mass is 420 g/mol. The SMILES string of the molecule is CCOc1ccc(CN2CC3C(CNCc4cccc(OC(F)(F)F)c4)C3C2)cc1. The van der Waals surface area contributed by atoms with Crippen molar-refractivity contribution in [1.82, 2.24) is 10.2 Å². The highest BCUT2D eigenvalue weighted by molar-refractivity contribution is 5.29. The van der Waals surface area contributed by atoms with Crippen molar-refractivity contribution < 1.29 is 22.6 Å². The molecule has 2 fully saturated rings. The Balaban J connectivity index is 1.17. The Morgan fingerprint density at radius 2 is 1.73 bits per heavy atom. The molecule has 1 saturated heterocycles. The van der Waals surface area contributed by atoms with Gasteiger partial charge in [0.15, 0.2) is 0 Å². The van der Waals surface area contributed by atoms with Crippen LogP contribution in [-0.2, 0) is 13.1 Å². The third kappa shape index (κ3) is 5.46. The normalized spacial score (nSPS) is 23.3. The van der Waals surface area contributed by atoms with Crippen LogP contribution < -0.4 is 14.8 Å². The fraction of sp³-hybridized carbons (Fsp3) is 0.478. The quantitative estimate of drug-likeness (QED) is 0.650. The molecule has 7 heteroatoms. The predicted octanol–water partition coefficient (Wildman–Crippen LogP) is 4.45. The van der Waals surface area contributed by atoms with Gasteiger partial charge in [-0.1, -0.05) is 24.3 Å². The van der Waals surface area contributed by atoms with Crippen LogP contribution in [0.2, 0.25) is 0 Å². The van der Waals surface area contributed by atoms with E-state index in [1.54, 1.807) is 6.07 Å². The molecular weight excluding hydrogens is 393 g/mol. The van der Waals surface area contributed by atoms with Crippen molar-refractivity contribution in [1.29, 1.82) is 0 Å². The van der Waals surface area contributed by atoms with E-state index in [9.17, 15) is 13.2 Å². The summed E-state index contributed by atoms with van der Waals surface area (Å²) in [5.41, 5.74) is 2.09. The van der Waals surface area contributed by atoms with Crippen LogP contribution in [0, 0.1) is 17.8 Å². The molecule has 1 heterocycles. The molecule has 0 radical (unpaired) electrons. The Bertz CT molecular complexity index is 829. The molecule has 1 aliphatic carbocycles. The molecule has 4 rings (SSSR count). The van der Waals surface area contributed by atoms with Crippen molar-refractivity contribution in [3.05, 3.63) is 59.7 Å². The second-order valence-electron chi connectivity index (χ2n) is 8.09. The smallest absolute Gasteiger partial charge is 0.494 e. The van der Waals surface area contributed by atoms with Gasteiger partial charge in [-0.3, -0.25) is 4.90 Å². The molecule has 0 aromatic heterocycles. The minimum atomic E-state index is -4.66. The Kier molecular flexibility index (Phi) is 6.20. The fourth-order valence-corrected chi connectivity index (χ4v) is 4.52. The summed E-state index contributed by atoms with van der Waals surface area (Å²) < 4.78 is 46.5. The molecule has 0 spiro atoms. The number of hydrogen-bond donors (Lipinski definition) is 1. The van der Waals surface area contributed by atoms with Crippen LogP contribution in [0.15, 0.2) is 48.5 Å². The summed E-state index contributed by atoms with van der Waals surface area (Å²) in [5.74, 6) is 2.85. The van der Waals surface area contributed by atoms with Crippen LogP contribution in [0.1, 0.15) is 18.1 Å². The summed E-state index contributed by atoms with van der Waals surface area (Å²) in [4.78, 5) is 2.50. The largest absolute Gasteiger partial charge is 0.573 e. The van der Waals surface area contributed by atoms with E-state index in [1.165, 1.54) is 17.7 Å². The molecule has 2 aromatic carbocycles. The van der Waals surface area contributed by atoms with Crippen LogP contribution in [0.4, 0.5) is 13.2 Å². The lowest BCUT2D eigenvalue weighted by Crippen LogP contribution is -2.27. The van der Waals surface area contributed by atoms with Crippen molar-refractivity contribution in [3.63, 3.8) is 0 Å². The van der Waals surface area contributed by atoms with E-state index in [0.29, 0.717) is 19.1 Å². The summed E-state index contributed by atoms with van der Waals surface area (Å²) in [6.45, 7) is 7.29. The van der Waals surface area contributed by atoms with Crippen LogP contribution in [0.5, 0.6) is 11.5 Å².